The van der Waals surface area contributed by atoms with Gasteiger partial charge in [-0.2, -0.15) is 0 Å². The van der Waals surface area contributed by atoms with Crippen molar-refractivity contribution in [2.75, 3.05) is 12.4 Å². The summed E-state index contributed by atoms with van der Waals surface area (Å²) >= 11 is 0. The minimum Gasteiger partial charge on any atom is -0.493 e. The monoisotopic (exact) mass is 416 g/mol. The molecular formula is C26H28N2O3. The van der Waals surface area contributed by atoms with E-state index in [4.69, 9.17) is 15.2 Å². The molecule has 0 spiro atoms. The van der Waals surface area contributed by atoms with Gasteiger partial charge in [0.1, 0.15) is 5.75 Å². The van der Waals surface area contributed by atoms with E-state index in [2.05, 4.69) is 5.32 Å². The predicted octanol–water partition coefficient (Wildman–Crippen LogP) is 6.00. The largest absolute Gasteiger partial charge is 0.493 e. The Kier molecular flexibility index (Phi) is 6.41. The Morgan fingerprint density at radius 1 is 0.903 bits per heavy atom. The first-order valence-corrected chi connectivity index (χ1v) is 10.8. The molecule has 0 aliphatic heterocycles. The Morgan fingerprint density at radius 3 is 2.29 bits per heavy atom. The molecule has 1 saturated carbocycles. The normalized spacial score (nSPS) is 14.1. The number of carbonyl (C=O) groups excluding carboxylic acids is 1. The molecule has 0 saturated heterocycles. The molecule has 5 nitrogen and oxygen atoms in total. The van der Waals surface area contributed by atoms with Crippen LogP contribution in [0.4, 0.5) is 5.69 Å². The first-order valence-electron chi connectivity index (χ1n) is 10.8. The van der Waals surface area contributed by atoms with Crippen LogP contribution in [0.1, 0.15) is 42.5 Å². The topological polar surface area (TPSA) is 73.6 Å². The number of hydrogen-bond acceptors (Lipinski definition) is 4. The number of nitrogens with one attached hydrogen (secondary N) is 1. The number of primary amides is 1. The fourth-order valence-electron chi connectivity index (χ4n) is 4.13. The third-order valence-electron chi connectivity index (χ3n) is 5.74. The van der Waals surface area contributed by atoms with Crippen LogP contribution in [0.5, 0.6) is 17.2 Å². The minimum absolute atomic E-state index is 0.363. The van der Waals surface area contributed by atoms with Crippen molar-refractivity contribution in [3.8, 4) is 28.4 Å². The van der Waals surface area contributed by atoms with Crippen molar-refractivity contribution in [1.82, 2.24) is 0 Å². The SMILES string of the molecule is COc1ccccc1Oc1ccccc1-c1ccc(C(N)=O)c(NC2CCCCC2)c1. The van der Waals surface area contributed by atoms with E-state index in [1.54, 1.807) is 13.2 Å². The molecule has 3 aromatic rings. The molecule has 1 aliphatic carbocycles. The van der Waals surface area contributed by atoms with E-state index in [0.717, 1.165) is 29.7 Å². The van der Waals surface area contributed by atoms with Gasteiger partial charge in [0.2, 0.25) is 0 Å². The summed E-state index contributed by atoms with van der Waals surface area (Å²) in [5, 5.41) is 3.57. The summed E-state index contributed by atoms with van der Waals surface area (Å²) in [7, 11) is 1.62. The van der Waals surface area contributed by atoms with E-state index >= 15 is 0 Å². The lowest BCUT2D eigenvalue weighted by Crippen LogP contribution is -2.24. The molecule has 1 amide bonds. The number of hydrogen-bond donors (Lipinski definition) is 2. The van der Waals surface area contributed by atoms with E-state index in [9.17, 15) is 4.79 Å². The maximum Gasteiger partial charge on any atom is 0.250 e. The van der Waals surface area contributed by atoms with Gasteiger partial charge >= 0.3 is 0 Å². The molecule has 0 unspecified atom stereocenters. The Balaban J connectivity index is 1.69. The van der Waals surface area contributed by atoms with E-state index in [1.807, 2.05) is 60.7 Å². The highest BCUT2D eigenvalue weighted by atomic mass is 16.5. The zero-order chi connectivity index (χ0) is 21.6. The quantitative estimate of drug-likeness (QED) is 0.495. The highest BCUT2D eigenvalue weighted by Gasteiger charge is 2.18. The molecular weight excluding hydrogens is 388 g/mol. The van der Waals surface area contributed by atoms with Gasteiger partial charge < -0.3 is 20.5 Å². The average Bonchev–Trinajstić information content (AvgIpc) is 2.80. The van der Waals surface area contributed by atoms with Gasteiger partial charge in [-0.3, -0.25) is 4.79 Å². The van der Waals surface area contributed by atoms with Gasteiger partial charge in [0.15, 0.2) is 11.5 Å². The lowest BCUT2D eigenvalue weighted by atomic mass is 9.94. The van der Waals surface area contributed by atoms with Crippen molar-refractivity contribution in [2.45, 2.75) is 38.1 Å². The number of nitrogens with two attached hydrogens (primary N) is 1. The Morgan fingerprint density at radius 2 is 1.58 bits per heavy atom. The maximum absolute atomic E-state index is 12.0. The summed E-state index contributed by atoms with van der Waals surface area (Å²) in [6, 6.07) is 21.5. The van der Waals surface area contributed by atoms with Crippen molar-refractivity contribution in [3.63, 3.8) is 0 Å². The van der Waals surface area contributed by atoms with Crippen LogP contribution in [0.25, 0.3) is 11.1 Å². The molecule has 0 atom stereocenters. The van der Waals surface area contributed by atoms with Crippen molar-refractivity contribution < 1.29 is 14.3 Å². The number of para-hydroxylation sites is 3. The van der Waals surface area contributed by atoms with Crippen LogP contribution in [0.15, 0.2) is 66.7 Å². The van der Waals surface area contributed by atoms with Crippen molar-refractivity contribution in [3.05, 3.63) is 72.3 Å². The number of rotatable bonds is 7. The van der Waals surface area contributed by atoms with E-state index in [1.165, 1.54) is 19.3 Å². The number of methoxy groups -OCH3 is 1. The van der Waals surface area contributed by atoms with E-state index < -0.39 is 5.91 Å². The molecule has 1 aliphatic rings. The third kappa shape index (κ3) is 4.82. The molecule has 1 fully saturated rings. The molecule has 0 aromatic heterocycles. The zero-order valence-corrected chi connectivity index (χ0v) is 17.8. The Labute approximate surface area is 183 Å². The highest BCUT2D eigenvalue weighted by Crippen LogP contribution is 2.38. The zero-order valence-electron chi connectivity index (χ0n) is 17.8. The summed E-state index contributed by atoms with van der Waals surface area (Å²) in [6.45, 7) is 0. The van der Waals surface area contributed by atoms with E-state index in [0.29, 0.717) is 28.9 Å². The number of benzene rings is 3. The Hall–Kier alpha value is -3.47. The standard InChI is InChI=1S/C26H28N2O3/c1-30-24-13-7-8-14-25(24)31-23-12-6-5-11-20(23)18-15-16-21(26(27)29)22(17-18)28-19-9-3-2-4-10-19/h5-8,11-17,19,28H,2-4,9-10H2,1H3,(H2,27,29). The number of amides is 1. The summed E-state index contributed by atoms with van der Waals surface area (Å²) in [5.74, 6) is 1.60. The molecule has 0 bridgehead atoms. The van der Waals surface area contributed by atoms with Crippen LogP contribution in [0.3, 0.4) is 0 Å². The molecule has 3 aromatic carbocycles. The molecule has 31 heavy (non-hydrogen) atoms. The summed E-state index contributed by atoms with van der Waals surface area (Å²) in [6.07, 6.45) is 5.90. The van der Waals surface area contributed by atoms with Crippen LogP contribution in [-0.4, -0.2) is 19.1 Å². The third-order valence-corrected chi connectivity index (χ3v) is 5.74. The first kappa shape index (κ1) is 20.8. The molecule has 4 rings (SSSR count). The summed E-state index contributed by atoms with van der Waals surface area (Å²) in [5.41, 5.74) is 8.83. The van der Waals surface area contributed by atoms with Gasteiger partial charge in [-0.15, -0.1) is 0 Å². The molecule has 0 heterocycles. The predicted molar refractivity (Wildman–Crippen MR) is 124 cm³/mol. The maximum atomic E-state index is 12.0. The van der Waals surface area contributed by atoms with Gasteiger partial charge in [0, 0.05) is 17.3 Å². The molecule has 3 N–H and O–H groups in total. The molecule has 5 heteroatoms. The molecule has 0 radical (unpaired) electrons. The number of ether oxygens (including phenoxy) is 2. The van der Waals surface area contributed by atoms with Crippen molar-refractivity contribution in [2.24, 2.45) is 5.73 Å². The van der Waals surface area contributed by atoms with Crippen molar-refractivity contribution in [1.29, 1.82) is 0 Å². The van der Waals surface area contributed by atoms with Gasteiger partial charge in [0.25, 0.3) is 5.91 Å². The number of carbonyl (C=O) groups is 1. The lowest BCUT2D eigenvalue weighted by molar-refractivity contribution is 0.100. The molecule has 160 valence electrons. The van der Waals surface area contributed by atoms with E-state index in [-0.39, 0.29) is 0 Å². The lowest BCUT2D eigenvalue weighted by Gasteiger charge is -2.25. The van der Waals surface area contributed by atoms with Gasteiger partial charge in [-0.05, 0) is 48.7 Å². The van der Waals surface area contributed by atoms with Crippen molar-refractivity contribution >= 4 is 11.6 Å². The fraction of sp³-hybridized carbons (Fsp3) is 0.269. The second-order valence-electron chi connectivity index (χ2n) is 7.85. The van der Waals surface area contributed by atoms with Crippen LogP contribution in [0, 0.1) is 0 Å². The van der Waals surface area contributed by atoms with Crippen LogP contribution < -0.4 is 20.5 Å². The summed E-state index contributed by atoms with van der Waals surface area (Å²) < 4.78 is 11.6. The second-order valence-corrected chi connectivity index (χ2v) is 7.85. The van der Waals surface area contributed by atoms with Crippen LogP contribution in [0.2, 0.25) is 0 Å². The van der Waals surface area contributed by atoms with Gasteiger partial charge in [-0.1, -0.05) is 55.7 Å². The van der Waals surface area contributed by atoms with Crippen LogP contribution in [-0.2, 0) is 0 Å². The summed E-state index contributed by atoms with van der Waals surface area (Å²) in [4.78, 5) is 12.0. The van der Waals surface area contributed by atoms with Gasteiger partial charge in [-0.25, -0.2) is 0 Å². The van der Waals surface area contributed by atoms with Crippen LogP contribution >= 0.6 is 0 Å². The second kappa shape index (κ2) is 9.56. The minimum atomic E-state index is -0.427. The number of anilines is 1. The first-order chi connectivity index (χ1) is 15.2. The average molecular weight is 417 g/mol. The van der Waals surface area contributed by atoms with Gasteiger partial charge in [0.05, 0.1) is 12.7 Å². The fourth-order valence-corrected chi connectivity index (χ4v) is 4.13. The smallest absolute Gasteiger partial charge is 0.250 e. The highest BCUT2D eigenvalue weighted by molar-refractivity contribution is 5.99. The Bertz CT molecular complexity index is 1060.